The number of hydrogen-bond donors (Lipinski definition) is 2. The Morgan fingerprint density at radius 1 is 1.23 bits per heavy atom. The van der Waals surface area contributed by atoms with Crippen molar-refractivity contribution < 1.29 is 14.3 Å². The zero-order valence-corrected chi connectivity index (χ0v) is 13.1. The van der Waals surface area contributed by atoms with E-state index in [9.17, 15) is 4.79 Å². The molecule has 1 saturated heterocycles. The molecule has 1 aliphatic rings. The van der Waals surface area contributed by atoms with E-state index >= 15 is 0 Å². The molecule has 0 saturated carbocycles. The summed E-state index contributed by atoms with van der Waals surface area (Å²) in [7, 11) is 0. The van der Waals surface area contributed by atoms with E-state index < -0.39 is 0 Å². The van der Waals surface area contributed by atoms with Crippen LogP contribution in [-0.4, -0.2) is 57.1 Å². The highest BCUT2D eigenvalue weighted by Gasteiger charge is 2.09. The number of nitrogens with one attached hydrogen (secondary N) is 2. The van der Waals surface area contributed by atoms with Gasteiger partial charge in [0.25, 0.3) is 0 Å². The Labute approximate surface area is 131 Å². The van der Waals surface area contributed by atoms with E-state index in [1.165, 1.54) is 5.56 Å². The fourth-order valence-electron chi connectivity index (χ4n) is 2.21. The van der Waals surface area contributed by atoms with Crippen LogP contribution in [-0.2, 0) is 4.74 Å². The predicted molar refractivity (Wildman–Crippen MR) is 85.1 cm³/mol. The van der Waals surface area contributed by atoms with Gasteiger partial charge in [0.05, 0.1) is 13.2 Å². The van der Waals surface area contributed by atoms with Crippen molar-refractivity contribution in [3.63, 3.8) is 0 Å². The molecule has 2 amide bonds. The molecule has 0 radical (unpaired) electrons. The Morgan fingerprint density at radius 3 is 2.68 bits per heavy atom. The molecule has 1 heterocycles. The van der Waals surface area contributed by atoms with Crippen LogP contribution in [0.2, 0.25) is 0 Å². The standard InChI is InChI=1S/C16H25N3O3/c1-14-3-5-15(6-4-14)22-13-18-16(20)17-7-2-8-19-9-11-21-12-10-19/h3-6H,2,7-13H2,1H3,(H2,17,18,20). The minimum atomic E-state index is -0.200. The van der Waals surface area contributed by atoms with Gasteiger partial charge in [0.1, 0.15) is 5.75 Å². The Kier molecular flexibility index (Phi) is 6.99. The van der Waals surface area contributed by atoms with Gasteiger partial charge in [0.15, 0.2) is 6.73 Å². The fourth-order valence-corrected chi connectivity index (χ4v) is 2.21. The Bertz CT molecular complexity index is 444. The Balaban J connectivity index is 1.49. The molecule has 0 spiro atoms. The van der Waals surface area contributed by atoms with Crippen molar-refractivity contribution in [2.75, 3.05) is 46.1 Å². The van der Waals surface area contributed by atoms with Crippen LogP contribution in [0, 0.1) is 6.92 Å². The van der Waals surface area contributed by atoms with Crippen LogP contribution >= 0.6 is 0 Å². The van der Waals surface area contributed by atoms with E-state index in [0.29, 0.717) is 6.54 Å². The van der Waals surface area contributed by atoms with Crippen LogP contribution in [0.3, 0.4) is 0 Å². The molecule has 1 fully saturated rings. The van der Waals surface area contributed by atoms with E-state index in [4.69, 9.17) is 9.47 Å². The summed E-state index contributed by atoms with van der Waals surface area (Å²) in [6.07, 6.45) is 0.937. The number of ether oxygens (including phenoxy) is 2. The van der Waals surface area contributed by atoms with Crippen molar-refractivity contribution in [2.45, 2.75) is 13.3 Å². The van der Waals surface area contributed by atoms with Crippen LogP contribution in [0.15, 0.2) is 24.3 Å². The van der Waals surface area contributed by atoms with Gasteiger partial charge in [-0.25, -0.2) is 4.79 Å². The van der Waals surface area contributed by atoms with Gasteiger partial charge in [-0.15, -0.1) is 0 Å². The lowest BCUT2D eigenvalue weighted by Gasteiger charge is -2.26. The number of hydrogen-bond acceptors (Lipinski definition) is 4. The average molecular weight is 307 g/mol. The molecule has 0 aliphatic carbocycles. The molecule has 0 atom stereocenters. The quantitative estimate of drug-likeness (QED) is 0.590. The molecule has 0 bridgehead atoms. The van der Waals surface area contributed by atoms with Crippen LogP contribution in [0.25, 0.3) is 0 Å². The summed E-state index contributed by atoms with van der Waals surface area (Å²) in [5.41, 5.74) is 1.18. The number of amides is 2. The van der Waals surface area contributed by atoms with Gasteiger partial charge in [0, 0.05) is 19.6 Å². The van der Waals surface area contributed by atoms with E-state index in [2.05, 4.69) is 15.5 Å². The number of carbonyl (C=O) groups is 1. The maximum atomic E-state index is 11.6. The molecular weight excluding hydrogens is 282 g/mol. The summed E-state index contributed by atoms with van der Waals surface area (Å²) in [5.74, 6) is 0.748. The summed E-state index contributed by atoms with van der Waals surface area (Å²) < 4.78 is 10.7. The third-order valence-corrected chi connectivity index (χ3v) is 3.53. The minimum Gasteiger partial charge on any atom is -0.473 e. The maximum absolute atomic E-state index is 11.6. The van der Waals surface area contributed by atoms with Crippen molar-refractivity contribution in [3.8, 4) is 5.75 Å². The number of nitrogens with zero attached hydrogens (tertiary/aromatic N) is 1. The van der Waals surface area contributed by atoms with Gasteiger partial charge < -0.3 is 20.1 Å². The monoisotopic (exact) mass is 307 g/mol. The molecule has 122 valence electrons. The van der Waals surface area contributed by atoms with E-state index in [0.717, 1.165) is 45.0 Å². The topological polar surface area (TPSA) is 62.8 Å². The lowest BCUT2D eigenvalue weighted by molar-refractivity contribution is 0.0375. The minimum absolute atomic E-state index is 0.165. The molecule has 0 aromatic heterocycles. The average Bonchev–Trinajstić information content (AvgIpc) is 2.54. The van der Waals surface area contributed by atoms with Crippen LogP contribution in [0.1, 0.15) is 12.0 Å². The lowest BCUT2D eigenvalue weighted by atomic mass is 10.2. The molecule has 2 rings (SSSR count). The normalized spacial score (nSPS) is 15.3. The smallest absolute Gasteiger partial charge is 0.317 e. The third kappa shape index (κ3) is 6.32. The molecule has 6 nitrogen and oxygen atoms in total. The molecule has 1 aliphatic heterocycles. The van der Waals surface area contributed by atoms with Crippen molar-refractivity contribution in [1.29, 1.82) is 0 Å². The highest BCUT2D eigenvalue weighted by molar-refractivity contribution is 5.73. The van der Waals surface area contributed by atoms with E-state index in [1.807, 2.05) is 31.2 Å². The van der Waals surface area contributed by atoms with Crippen LogP contribution in [0.5, 0.6) is 5.75 Å². The molecule has 1 aromatic rings. The Hall–Kier alpha value is -1.79. The predicted octanol–water partition coefficient (Wildman–Crippen LogP) is 1.35. The molecule has 0 unspecified atom stereocenters. The zero-order chi connectivity index (χ0) is 15.6. The maximum Gasteiger partial charge on any atom is 0.317 e. The zero-order valence-electron chi connectivity index (χ0n) is 13.1. The molecular formula is C16H25N3O3. The third-order valence-electron chi connectivity index (χ3n) is 3.53. The SMILES string of the molecule is Cc1ccc(OCNC(=O)NCCCN2CCOCC2)cc1. The Morgan fingerprint density at radius 2 is 1.95 bits per heavy atom. The first-order valence-electron chi connectivity index (χ1n) is 7.75. The van der Waals surface area contributed by atoms with Gasteiger partial charge in [-0.05, 0) is 32.0 Å². The number of rotatable bonds is 7. The lowest BCUT2D eigenvalue weighted by Crippen LogP contribution is -2.40. The highest BCUT2D eigenvalue weighted by Crippen LogP contribution is 2.10. The second-order valence-corrected chi connectivity index (χ2v) is 5.34. The van der Waals surface area contributed by atoms with Gasteiger partial charge in [0.2, 0.25) is 0 Å². The summed E-state index contributed by atoms with van der Waals surface area (Å²) in [4.78, 5) is 14.0. The summed E-state index contributed by atoms with van der Waals surface area (Å²) >= 11 is 0. The number of urea groups is 1. The van der Waals surface area contributed by atoms with E-state index in [-0.39, 0.29) is 12.8 Å². The van der Waals surface area contributed by atoms with Gasteiger partial charge in [-0.1, -0.05) is 17.7 Å². The van der Waals surface area contributed by atoms with Gasteiger partial charge in [-0.3, -0.25) is 4.90 Å². The number of morpholine rings is 1. The van der Waals surface area contributed by atoms with Gasteiger partial charge >= 0.3 is 6.03 Å². The largest absolute Gasteiger partial charge is 0.473 e. The summed E-state index contributed by atoms with van der Waals surface area (Å²) in [6.45, 7) is 7.42. The summed E-state index contributed by atoms with van der Waals surface area (Å²) in [5, 5.41) is 5.51. The molecule has 6 heteroatoms. The van der Waals surface area contributed by atoms with E-state index in [1.54, 1.807) is 0 Å². The summed E-state index contributed by atoms with van der Waals surface area (Å²) in [6, 6.07) is 7.52. The van der Waals surface area contributed by atoms with Gasteiger partial charge in [-0.2, -0.15) is 0 Å². The molecule has 2 N–H and O–H groups in total. The number of benzene rings is 1. The van der Waals surface area contributed by atoms with Crippen molar-refractivity contribution in [2.24, 2.45) is 0 Å². The first-order valence-corrected chi connectivity index (χ1v) is 7.75. The van der Waals surface area contributed by atoms with Crippen molar-refractivity contribution in [1.82, 2.24) is 15.5 Å². The molecule has 1 aromatic carbocycles. The molecule has 22 heavy (non-hydrogen) atoms. The van der Waals surface area contributed by atoms with Crippen LogP contribution in [0.4, 0.5) is 4.79 Å². The van der Waals surface area contributed by atoms with Crippen molar-refractivity contribution >= 4 is 6.03 Å². The van der Waals surface area contributed by atoms with Crippen molar-refractivity contribution in [3.05, 3.63) is 29.8 Å². The number of carbonyl (C=O) groups excluding carboxylic acids is 1. The fraction of sp³-hybridized carbons (Fsp3) is 0.562. The second-order valence-electron chi connectivity index (χ2n) is 5.34. The first-order chi connectivity index (χ1) is 10.7. The van der Waals surface area contributed by atoms with Crippen LogP contribution < -0.4 is 15.4 Å². The number of aryl methyl sites for hydroxylation is 1. The second kappa shape index (κ2) is 9.27. The first kappa shape index (κ1) is 16.6. The highest BCUT2D eigenvalue weighted by atomic mass is 16.5.